The molecule has 42 heavy (non-hydrogen) atoms. The summed E-state index contributed by atoms with van der Waals surface area (Å²) in [5, 5.41) is 8.02. The molecule has 2 nitrogen and oxygen atoms in total. The van der Waals surface area contributed by atoms with Gasteiger partial charge in [-0.2, -0.15) is 0 Å². The van der Waals surface area contributed by atoms with E-state index in [2.05, 4.69) is 132 Å². The predicted molar refractivity (Wildman–Crippen MR) is 177 cm³/mol. The Morgan fingerprint density at radius 2 is 0.929 bits per heavy atom. The van der Waals surface area contributed by atoms with Crippen molar-refractivity contribution in [1.82, 2.24) is 4.98 Å². The smallest absolute Gasteiger partial charge is 0.194 e. The van der Waals surface area contributed by atoms with Gasteiger partial charge in [-0.05, 0) is 61.3 Å². The molecule has 8 rings (SSSR count). The Hall–Kier alpha value is -5.78. The molecule has 0 radical (unpaired) electrons. The number of nitrogens with zero attached hydrogens (tertiary/aromatic N) is 2. The Balaban J connectivity index is 1.56. The molecular weight excluding hydrogens is 508 g/mol. The van der Waals surface area contributed by atoms with E-state index in [9.17, 15) is 0 Å². The topological polar surface area (TPSA) is 17.2 Å². The fourth-order valence-electron chi connectivity index (χ4n) is 6.34. The third-order valence-corrected chi connectivity index (χ3v) is 8.28. The van der Waals surface area contributed by atoms with Crippen LogP contribution in [0.5, 0.6) is 0 Å². The number of fused-ring (bicyclic) bond motifs is 5. The molecule has 0 bridgehead atoms. The average molecular weight is 533 g/mol. The summed E-state index contributed by atoms with van der Waals surface area (Å²) in [7, 11) is 0. The van der Waals surface area contributed by atoms with Crippen LogP contribution in [0.15, 0.2) is 146 Å². The van der Waals surface area contributed by atoms with E-state index in [1.54, 1.807) is 0 Å². The summed E-state index contributed by atoms with van der Waals surface area (Å²) in [5.41, 5.74) is 7.95. The minimum Gasteiger partial charge on any atom is -0.247 e. The molecule has 0 unspecified atom stereocenters. The van der Waals surface area contributed by atoms with Gasteiger partial charge in [0.05, 0.1) is 17.8 Å². The van der Waals surface area contributed by atoms with Crippen LogP contribution in [0, 0.1) is 6.57 Å². The Labute approximate surface area is 244 Å². The standard InChI is InChI=1S/C40H24N2/c1-41-38-23-9-8-19-33(38)35-24-37-36(30-21-10-14-26-12-2-4-16-28(26)30)25-39(42-40(37)34-20-7-6-18-31(34)35)32-22-11-15-27-13-3-5-17-29(27)32/h2-25H. The van der Waals surface area contributed by atoms with E-state index in [0.29, 0.717) is 5.69 Å². The van der Waals surface area contributed by atoms with Gasteiger partial charge in [0.25, 0.3) is 0 Å². The van der Waals surface area contributed by atoms with E-state index in [1.807, 2.05) is 18.2 Å². The molecule has 194 valence electrons. The third-order valence-electron chi connectivity index (χ3n) is 8.28. The van der Waals surface area contributed by atoms with Crippen LogP contribution in [0.2, 0.25) is 0 Å². The molecule has 1 heterocycles. The van der Waals surface area contributed by atoms with Crippen LogP contribution in [-0.4, -0.2) is 4.98 Å². The lowest BCUT2D eigenvalue weighted by atomic mass is 9.89. The van der Waals surface area contributed by atoms with Gasteiger partial charge in [-0.1, -0.05) is 133 Å². The van der Waals surface area contributed by atoms with Crippen molar-refractivity contribution < 1.29 is 0 Å². The van der Waals surface area contributed by atoms with Crippen molar-refractivity contribution in [1.29, 1.82) is 0 Å². The van der Waals surface area contributed by atoms with Gasteiger partial charge in [0.1, 0.15) is 0 Å². The number of hydrogen-bond donors (Lipinski definition) is 0. The second-order valence-corrected chi connectivity index (χ2v) is 10.6. The van der Waals surface area contributed by atoms with Crippen LogP contribution >= 0.6 is 0 Å². The number of para-hydroxylation sites is 1. The molecule has 0 aliphatic rings. The number of benzene rings is 7. The Kier molecular flexibility index (Phi) is 5.55. The molecular formula is C40H24N2. The van der Waals surface area contributed by atoms with Crippen molar-refractivity contribution in [2.75, 3.05) is 0 Å². The quantitative estimate of drug-likeness (QED) is 0.163. The lowest BCUT2D eigenvalue weighted by Crippen LogP contribution is -1.94. The maximum atomic E-state index is 7.87. The van der Waals surface area contributed by atoms with E-state index in [-0.39, 0.29) is 0 Å². The summed E-state index contributed by atoms with van der Waals surface area (Å²) < 4.78 is 0. The molecule has 0 spiro atoms. The van der Waals surface area contributed by atoms with Crippen LogP contribution < -0.4 is 0 Å². The Morgan fingerprint density at radius 3 is 1.67 bits per heavy atom. The largest absolute Gasteiger partial charge is 0.247 e. The predicted octanol–water partition coefficient (Wildman–Crippen LogP) is 11.2. The van der Waals surface area contributed by atoms with Gasteiger partial charge in [0.2, 0.25) is 0 Å². The van der Waals surface area contributed by atoms with Crippen molar-refractivity contribution in [2.45, 2.75) is 0 Å². The fourth-order valence-corrected chi connectivity index (χ4v) is 6.34. The van der Waals surface area contributed by atoms with Crippen LogP contribution in [0.1, 0.15) is 0 Å². The number of rotatable bonds is 3. The highest BCUT2D eigenvalue weighted by molar-refractivity contribution is 6.18. The van der Waals surface area contributed by atoms with Crippen LogP contribution in [0.4, 0.5) is 5.69 Å². The zero-order chi connectivity index (χ0) is 28.0. The van der Waals surface area contributed by atoms with Gasteiger partial charge in [0.15, 0.2) is 5.69 Å². The van der Waals surface area contributed by atoms with E-state index in [4.69, 9.17) is 11.6 Å². The van der Waals surface area contributed by atoms with Crippen LogP contribution in [0.3, 0.4) is 0 Å². The number of aromatic nitrogens is 1. The third kappa shape index (κ3) is 3.76. The first-order valence-electron chi connectivity index (χ1n) is 14.1. The van der Waals surface area contributed by atoms with Gasteiger partial charge in [-0.15, -0.1) is 0 Å². The van der Waals surface area contributed by atoms with Crippen molar-refractivity contribution in [3.8, 4) is 33.5 Å². The van der Waals surface area contributed by atoms with E-state index in [0.717, 1.165) is 49.6 Å². The van der Waals surface area contributed by atoms with Gasteiger partial charge in [0, 0.05) is 16.3 Å². The summed E-state index contributed by atoms with van der Waals surface area (Å²) >= 11 is 0. The zero-order valence-corrected chi connectivity index (χ0v) is 22.8. The van der Waals surface area contributed by atoms with E-state index < -0.39 is 0 Å². The van der Waals surface area contributed by atoms with Crippen LogP contribution in [-0.2, 0) is 0 Å². The van der Waals surface area contributed by atoms with Gasteiger partial charge >= 0.3 is 0 Å². The normalized spacial score (nSPS) is 11.3. The number of hydrogen-bond acceptors (Lipinski definition) is 1. The summed E-state index contributed by atoms with van der Waals surface area (Å²) in [6.45, 7) is 7.87. The molecule has 0 atom stereocenters. The maximum absolute atomic E-state index is 7.87. The van der Waals surface area contributed by atoms with E-state index >= 15 is 0 Å². The molecule has 8 aromatic rings. The minimum atomic E-state index is 0.647. The second kappa shape index (κ2) is 9.70. The molecule has 0 N–H and O–H groups in total. The highest BCUT2D eigenvalue weighted by Gasteiger charge is 2.18. The maximum Gasteiger partial charge on any atom is 0.194 e. The summed E-state index contributed by atoms with van der Waals surface area (Å²) in [4.78, 5) is 9.28. The van der Waals surface area contributed by atoms with Gasteiger partial charge in [-0.25, -0.2) is 9.83 Å². The van der Waals surface area contributed by atoms with Crippen molar-refractivity contribution in [2.24, 2.45) is 0 Å². The first kappa shape index (κ1) is 24.1. The molecule has 7 aromatic carbocycles. The Morgan fingerprint density at radius 1 is 0.405 bits per heavy atom. The van der Waals surface area contributed by atoms with Gasteiger partial charge < -0.3 is 0 Å². The number of pyridine rings is 1. The summed E-state index contributed by atoms with van der Waals surface area (Å²) in [6.07, 6.45) is 0. The summed E-state index contributed by atoms with van der Waals surface area (Å²) in [6, 6.07) is 50.9. The van der Waals surface area contributed by atoms with Crippen molar-refractivity contribution >= 4 is 48.9 Å². The van der Waals surface area contributed by atoms with Gasteiger partial charge in [-0.3, -0.25) is 0 Å². The monoisotopic (exact) mass is 532 g/mol. The first-order chi connectivity index (χ1) is 20.8. The lowest BCUT2D eigenvalue weighted by Gasteiger charge is -2.17. The molecule has 0 aliphatic heterocycles. The molecule has 0 amide bonds. The first-order valence-corrected chi connectivity index (χ1v) is 14.1. The van der Waals surface area contributed by atoms with Crippen molar-refractivity contribution in [3.63, 3.8) is 0 Å². The molecule has 1 aromatic heterocycles. The van der Waals surface area contributed by atoms with Crippen LogP contribution in [0.25, 0.3) is 81.6 Å². The minimum absolute atomic E-state index is 0.647. The molecule has 2 heteroatoms. The lowest BCUT2D eigenvalue weighted by molar-refractivity contribution is 1.42. The van der Waals surface area contributed by atoms with Crippen molar-refractivity contribution in [3.05, 3.63) is 157 Å². The fraction of sp³-hybridized carbons (Fsp3) is 0. The molecule has 0 fully saturated rings. The van der Waals surface area contributed by atoms with E-state index in [1.165, 1.54) is 27.1 Å². The molecule has 0 aliphatic carbocycles. The highest BCUT2D eigenvalue weighted by atomic mass is 14.7. The molecule has 0 saturated carbocycles. The zero-order valence-electron chi connectivity index (χ0n) is 22.8. The summed E-state index contributed by atoms with van der Waals surface area (Å²) in [5.74, 6) is 0. The Bertz CT molecular complexity index is 2370. The average Bonchev–Trinajstić information content (AvgIpc) is 3.07. The SMILES string of the molecule is [C-]#[N+]c1ccccc1-c1cc2c(-c3cccc4ccccc34)cc(-c3cccc4ccccc34)nc2c2ccccc12. The molecule has 0 saturated heterocycles. The highest BCUT2D eigenvalue weighted by Crippen LogP contribution is 2.44. The second-order valence-electron chi connectivity index (χ2n) is 10.6.